The summed E-state index contributed by atoms with van der Waals surface area (Å²) in [5.74, 6) is -0.409. The number of alkyl halides is 6. The summed E-state index contributed by atoms with van der Waals surface area (Å²) in [6, 6.07) is 3.47. The summed E-state index contributed by atoms with van der Waals surface area (Å²) < 4.78 is 81.1. The molecule has 1 aromatic carbocycles. The van der Waals surface area contributed by atoms with E-state index in [1.165, 1.54) is 6.07 Å². The van der Waals surface area contributed by atoms with Gasteiger partial charge in [-0.25, -0.2) is 9.97 Å². The van der Waals surface area contributed by atoms with Crippen molar-refractivity contribution in [3.05, 3.63) is 23.2 Å². The minimum absolute atomic E-state index is 0.0198. The largest absolute Gasteiger partial charge is 0.573 e. The monoisotopic (exact) mass is 451 g/mol. The number of rotatable bonds is 3. The molecule has 0 spiro atoms. The molecule has 0 amide bonds. The Morgan fingerprint density at radius 3 is 2.37 bits per heavy atom. The molecule has 0 unspecified atom stereocenters. The van der Waals surface area contributed by atoms with Crippen molar-refractivity contribution in [2.45, 2.75) is 12.5 Å². The maximum absolute atomic E-state index is 13.3. The van der Waals surface area contributed by atoms with E-state index in [-0.39, 0.29) is 22.6 Å². The Labute approximate surface area is 170 Å². The highest BCUT2D eigenvalue weighted by atomic mass is 32.1. The Kier molecular flexibility index (Phi) is 5.04. The van der Waals surface area contributed by atoms with E-state index >= 15 is 0 Å². The van der Waals surface area contributed by atoms with E-state index in [0.29, 0.717) is 42.5 Å². The van der Waals surface area contributed by atoms with Gasteiger partial charge in [0.15, 0.2) is 5.82 Å². The average Bonchev–Trinajstić information content (AvgIpc) is 3.24. The van der Waals surface area contributed by atoms with Crippen molar-refractivity contribution in [1.29, 1.82) is 0 Å². The van der Waals surface area contributed by atoms with Crippen molar-refractivity contribution in [3.63, 3.8) is 0 Å². The highest BCUT2D eigenvalue weighted by molar-refractivity contribution is 7.16. The van der Waals surface area contributed by atoms with E-state index in [1.807, 2.05) is 11.9 Å². The van der Waals surface area contributed by atoms with E-state index in [9.17, 15) is 26.3 Å². The lowest BCUT2D eigenvalue weighted by molar-refractivity contribution is -0.274. The molecule has 3 heterocycles. The number of thiazole rings is 1. The van der Waals surface area contributed by atoms with Gasteiger partial charge in [0.05, 0.1) is 11.0 Å². The van der Waals surface area contributed by atoms with Crippen molar-refractivity contribution in [2.75, 3.05) is 38.1 Å². The molecule has 4 rings (SSSR count). The van der Waals surface area contributed by atoms with Crippen LogP contribution in [0.2, 0.25) is 0 Å². The minimum atomic E-state index is -4.86. The third-order valence-electron chi connectivity index (χ3n) is 4.55. The summed E-state index contributed by atoms with van der Waals surface area (Å²) in [4.78, 5) is 14.6. The van der Waals surface area contributed by atoms with Crippen LogP contribution in [-0.4, -0.2) is 59.4 Å². The van der Waals surface area contributed by atoms with E-state index < -0.39 is 23.3 Å². The second-order valence-electron chi connectivity index (χ2n) is 6.77. The molecule has 1 fully saturated rings. The van der Waals surface area contributed by atoms with Crippen LogP contribution in [0, 0.1) is 0 Å². The second-order valence-corrected chi connectivity index (χ2v) is 7.75. The number of hydrogen-bond donors (Lipinski definition) is 1. The van der Waals surface area contributed by atoms with Crippen LogP contribution in [0.25, 0.3) is 22.6 Å². The van der Waals surface area contributed by atoms with Gasteiger partial charge in [0.2, 0.25) is 5.01 Å². The van der Waals surface area contributed by atoms with Gasteiger partial charge in [0.1, 0.15) is 16.4 Å². The number of H-pyrrole nitrogens is 1. The van der Waals surface area contributed by atoms with Gasteiger partial charge >= 0.3 is 12.5 Å². The maximum atomic E-state index is 13.3. The Hall–Kier alpha value is -2.54. The summed E-state index contributed by atoms with van der Waals surface area (Å²) in [5.41, 5.74) is 0.495. The summed E-state index contributed by atoms with van der Waals surface area (Å²) in [6.45, 7) is 2.40. The first-order valence-corrected chi connectivity index (χ1v) is 9.59. The summed E-state index contributed by atoms with van der Waals surface area (Å²) in [7, 11) is 1.92. The number of likely N-dealkylation sites (N-methyl/N-ethyl adjacent to an activating group) is 1. The number of aromatic nitrogens is 3. The molecule has 6 nitrogen and oxygen atoms in total. The molecule has 0 radical (unpaired) electrons. The lowest BCUT2D eigenvalue weighted by Gasteiger charge is -2.33. The Morgan fingerprint density at radius 1 is 1.03 bits per heavy atom. The number of nitrogens with zero attached hydrogens (tertiary/aromatic N) is 4. The molecule has 1 aliphatic heterocycles. The lowest BCUT2D eigenvalue weighted by Crippen LogP contribution is -2.44. The fourth-order valence-electron chi connectivity index (χ4n) is 3.11. The van der Waals surface area contributed by atoms with Crippen LogP contribution in [0.15, 0.2) is 18.2 Å². The molecule has 1 N–H and O–H groups in total. The predicted molar refractivity (Wildman–Crippen MR) is 98.6 cm³/mol. The first-order valence-electron chi connectivity index (χ1n) is 8.77. The van der Waals surface area contributed by atoms with Crippen LogP contribution in [0.3, 0.4) is 0 Å². The highest BCUT2D eigenvalue weighted by Gasteiger charge is 2.38. The van der Waals surface area contributed by atoms with Crippen molar-refractivity contribution in [2.24, 2.45) is 0 Å². The van der Waals surface area contributed by atoms with Crippen molar-refractivity contribution in [1.82, 2.24) is 19.9 Å². The van der Waals surface area contributed by atoms with Crippen LogP contribution in [0.1, 0.15) is 5.01 Å². The van der Waals surface area contributed by atoms with Gasteiger partial charge < -0.3 is 19.5 Å². The smallest absolute Gasteiger partial charge is 0.406 e. The van der Waals surface area contributed by atoms with Crippen LogP contribution in [-0.2, 0) is 6.18 Å². The Bertz CT molecular complexity index is 1050. The molecule has 2 aromatic heterocycles. The van der Waals surface area contributed by atoms with Gasteiger partial charge in [-0.1, -0.05) is 11.3 Å². The number of imidazole rings is 1. The summed E-state index contributed by atoms with van der Waals surface area (Å²) in [5, 5.41) is -0.686. The van der Waals surface area contributed by atoms with Gasteiger partial charge in [-0.2, -0.15) is 13.2 Å². The fourth-order valence-corrected chi connectivity index (χ4v) is 4.10. The third kappa shape index (κ3) is 4.31. The lowest BCUT2D eigenvalue weighted by atomic mass is 10.3. The molecule has 0 aliphatic carbocycles. The van der Waals surface area contributed by atoms with Gasteiger partial charge in [0.25, 0.3) is 0 Å². The summed E-state index contributed by atoms with van der Waals surface area (Å²) >= 11 is 0.528. The molecular weight excluding hydrogens is 436 g/mol. The van der Waals surface area contributed by atoms with Gasteiger partial charge in [-0.3, -0.25) is 0 Å². The van der Waals surface area contributed by atoms with Crippen LogP contribution < -0.4 is 9.64 Å². The molecule has 0 bridgehead atoms. The average molecular weight is 451 g/mol. The number of halogens is 6. The number of fused-ring (bicyclic) bond motifs is 1. The quantitative estimate of drug-likeness (QED) is 0.600. The first kappa shape index (κ1) is 20.7. The van der Waals surface area contributed by atoms with E-state index in [4.69, 9.17) is 0 Å². The van der Waals surface area contributed by atoms with Crippen molar-refractivity contribution < 1.29 is 31.1 Å². The normalized spacial score (nSPS) is 16.4. The number of piperazine rings is 1. The fraction of sp³-hybridized carbons (Fsp3) is 0.412. The number of nitrogens with one attached hydrogen (secondary N) is 1. The van der Waals surface area contributed by atoms with Crippen LogP contribution in [0.4, 0.5) is 31.3 Å². The van der Waals surface area contributed by atoms with E-state index in [1.54, 1.807) is 0 Å². The zero-order valence-corrected chi connectivity index (χ0v) is 16.3. The second kappa shape index (κ2) is 7.30. The maximum Gasteiger partial charge on any atom is 0.573 e. The molecule has 3 aromatic rings. The molecule has 13 heteroatoms. The molecule has 0 atom stereocenters. The number of hydrogen-bond acceptors (Lipinski definition) is 6. The number of anilines is 1. The summed E-state index contributed by atoms with van der Waals surface area (Å²) in [6.07, 6.45) is -9.48. The number of benzene rings is 1. The zero-order chi connectivity index (χ0) is 21.7. The molecule has 1 saturated heterocycles. The van der Waals surface area contributed by atoms with Crippen LogP contribution >= 0.6 is 11.3 Å². The number of ether oxygens (including phenoxy) is 1. The standard InChI is InChI=1S/C17H15F6N5OS/c1-27-4-6-28(7-5-27)14-12(26-15(30-14)16(18,19)20)13-24-10-3-2-9(8-11(10)25-13)29-17(21,22)23/h2-3,8H,4-7H2,1H3,(H,24,25). The van der Waals surface area contributed by atoms with Gasteiger partial charge in [-0.15, -0.1) is 13.2 Å². The highest BCUT2D eigenvalue weighted by Crippen LogP contribution is 2.42. The van der Waals surface area contributed by atoms with Gasteiger partial charge in [-0.05, 0) is 19.2 Å². The molecule has 0 saturated carbocycles. The first-order chi connectivity index (χ1) is 14.0. The molecule has 1 aliphatic rings. The van der Waals surface area contributed by atoms with Crippen LogP contribution in [0.5, 0.6) is 5.75 Å². The molecular formula is C17H15F6N5OS. The SMILES string of the molecule is CN1CCN(c2sc(C(F)(F)F)nc2-c2nc3ccc(OC(F)(F)F)cc3[nH]2)CC1. The van der Waals surface area contributed by atoms with Crippen molar-refractivity contribution >= 4 is 27.4 Å². The third-order valence-corrected chi connectivity index (χ3v) is 5.71. The van der Waals surface area contributed by atoms with Crippen molar-refractivity contribution in [3.8, 4) is 17.3 Å². The number of aromatic amines is 1. The zero-order valence-electron chi connectivity index (χ0n) is 15.4. The molecule has 162 valence electrons. The Balaban J connectivity index is 1.75. The minimum Gasteiger partial charge on any atom is -0.406 e. The Morgan fingerprint density at radius 2 is 1.73 bits per heavy atom. The van der Waals surface area contributed by atoms with E-state index in [2.05, 4.69) is 24.6 Å². The van der Waals surface area contributed by atoms with Gasteiger partial charge in [0, 0.05) is 32.2 Å². The molecule has 30 heavy (non-hydrogen) atoms. The predicted octanol–water partition coefficient (Wildman–Crippen LogP) is 4.36. The topological polar surface area (TPSA) is 57.3 Å². The van der Waals surface area contributed by atoms with E-state index in [0.717, 1.165) is 12.1 Å².